The van der Waals surface area contributed by atoms with Gasteiger partial charge in [-0.15, -0.1) is 0 Å². The quantitative estimate of drug-likeness (QED) is 0.356. The van der Waals surface area contributed by atoms with E-state index in [1.807, 2.05) is 44.4 Å². The fourth-order valence-corrected chi connectivity index (χ4v) is 4.21. The van der Waals surface area contributed by atoms with Crippen molar-refractivity contribution in [1.82, 2.24) is 20.4 Å². The van der Waals surface area contributed by atoms with Crippen molar-refractivity contribution in [3.05, 3.63) is 95.6 Å². The minimum absolute atomic E-state index is 0.0267. The number of amides is 1. The van der Waals surface area contributed by atoms with Crippen molar-refractivity contribution in [2.45, 2.75) is 38.5 Å². The molecule has 2 atom stereocenters. The topological polar surface area (TPSA) is 80.5 Å². The Bertz CT molecular complexity index is 1240. The molecule has 3 aromatic carbocycles. The zero-order valence-electron chi connectivity index (χ0n) is 20.5. The summed E-state index contributed by atoms with van der Waals surface area (Å²) in [5, 5.41) is 9.38. The van der Waals surface area contributed by atoms with Crippen LogP contribution in [0.3, 0.4) is 0 Å². The van der Waals surface area contributed by atoms with Gasteiger partial charge in [-0.3, -0.25) is 4.79 Å². The summed E-state index contributed by atoms with van der Waals surface area (Å²) in [7, 11) is 3.68. The smallest absolute Gasteiger partial charge is 0.252 e. The Hall–Kier alpha value is -3.55. The van der Waals surface area contributed by atoms with Crippen LogP contribution in [0, 0.1) is 6.92 Å². The average molecular weight is 473 g/mol. The second-order valence-corrected chi connectivity index (χ2v) is 8.77. The molecule has 1 N–H and O–H groups in total. The molecule has 35 heavy (non-hydrogen) atoms. The molecule has 0 bridgehead atoms. The number of fused-ring (bicyclic) bond motifs is 1. The first-order chi connectivity index (χ1) is 17.0. The number of likely N-dealkylation sites (N-methyl/N-ethyl adjacent to an activating group) is 2. The van der Waals surface area contributed by atoms with Gasteiger partial charge in [0.05, 0.1) is 18.7 Å². The maximum atomic E-state index is 13.6. The maximum Gasteiger partial charge on any atom is 0.252 e. The van der Waals surface area contributed by atoms with E-state index in [1.54, 1.807) is 11.8 Å². The number of hydrogen-bond acceptors (Lipinski definition) is 6. The Balaban J connectivity index is 1.46. The van der Waals surface area contributed by atoms with E-state index >= 15 is 0 Å². The van der Waals surface area contributed by atoms with E-state index in [1.165, 1.54) is 10.8 Å². The van der Waals surface area contributed by atoms with Crippen LogP contribution >= 0.6 is 0 Å². The van der Waals surface area contributed by atoms with Gasteiger partial charge in [-0.1, -0.05) is 78.0 Å². The maximum absolute atomic E-state index is 13.6. The van der Waals surface area contributed by atoms with Gasteiger partial charge in [0.1, 0.15) is 6.61 Å². The van der Waals surface area contributed by atoms with Crippen LogP contribution in [-0.4, -0.2) is 53.7 Å². The Morgan fingerprint density at radius 1 is 1.00 bits per heavy atom. The average Bonchev–Trinajstić information content (AvgIpc) is 3.31. The third-order valence-electron chi connectivity index (χ3n) is 6.22. The van der Waals surface area contributed by atoms with Gasteiger partial charge in [-0.05, 0) is 48.7 Å². The second-order valence-electron chi connectivity index (χ2n) is 8.77. The number of benzene rings is 3. The lowest BCUT2D eigenvalue weighted by Gasteiger charge is -2.31. The number of ether oxygens (including phenoxy) is 1. The Morgan fingerprint density at radius 2 is 1.74 bits per heavy atom. The number of nitrogens with one attached hydrogen (secondary N) is 1. The molecule has 7 nitrogen and oxygen atoms in total. The lowest BCUT2D eigenvalue weighted by Crippen LogP contribution is -2.50. The highest BCUT2D eigenvalue weighted by Gasteiger charge is 2.27. The first-order valence-electron chi connectivity index (χ1n) is 11.9. The van der Waals surface area contributed by atoms with Crippen LogP contribution < -0.4 is 5.32 Å². The van der Waals surface area contributed by atoms with E-state index in [9.17, 15) is 4.79 Å². The third-order valence-corrected chi connectivity index (χ3v) is 6.22. The summed E-state index contributed by atoms with van der Waals surface area (Å²) in [4.78, 5) is 19.6. The second kappa shape index (κ2) is 11.7. The van der Waals surface area contributed by atoms with Gasteiger partial charge in [-0.2, -0.15) is 4.98 Å². The summed E-state index contributed by atoms with van der Waals surface area (Å²) in [6, 6.07) is 24.2. The molecule has 4 rings (SSSR count). The van der Waals surface area contributed by atoms with Crippen molar-refractivity contribution >= 4 is 16.7 Å². The van der Waals surface area contributed by atoms with Crippen LogP contribution in [0.2, 0.25) is 0 Å². The molecule has 0 spiro atoms. The van der Waals surface area contributed by atoms with Gasteiger partial charge in [0.25, 0.3) is 5.89 Å². The molecule has 4 aromatic rings. The standard InChI is InChI=1S/C28H32N4O3/c1-20-30-27(35-31-20)19-34-18-25(16-21-9-5-4-6-10-21)32(3)28(33)26(29-2)17-22-13-14-23-11-7-8-12-24(23)15-22/h4-15,25-26,29H,16-19H2,1-3H3/t25-,26-/m1/s1. The molecule has 0 aliphatic rings. The molecule has 7 heteroatoms. The summed E-state index contributed by atoms with van der Waals surface area (Å²) < 4.78 is 11.1. The Labute approximate surface area is 206 Å². The highest BCUT2D eigenvalue weighted by Crippen LogP contribution is 2.18. The van der Waals surface area contributed by atoms with E-state index in [4.69, 9.17) is 9.26 Å². The molecule has 0 unspecified atom stereocenters. The molecule has 0 fully saturated rings. The predicted molar refractivity (Wildman–Crippen MR) is 136 cm³/mol. The van der Waals surface area contributed by atoms with E-state index in [0.717, 1.165) is 11.1 Å². The number of aromatic nitrogens is 2. The zero-order chi connectivity index (χ0) is 24.6. The number of hydrogen-bond donors (Lipinski definition) is 1. The molecular weight excluding hydrogens is 440 g/mol. The van der Waals surface area contributed by atoms with E-state index in [2.05, 4.69) is 57.9 Å². The zero-order valence-corrected chi connectivity index (χ0v) is 20.5. The Morgan fingerprint density at radius 3 is 2.46 bits per heavy atom. The summed E-state index contributed by atoms with van der Waals surface area (Å²) in [6.07, 6.45) is 1.28. The van der Waals surface area contributed by atoms with Crippen LogP contribution in [0.5, 0.6) is 0 Å². The molecule has 0 saturated heterocycles. The van der Waals surface area contributed by atoms with Crippen molar-refractivity contribution in [3.8, 4) is 0 Å². The summed E-state index contributed by atoms with van der Waals surface area (Å²) >= 11 is 0. The van der Waals surface area contributed by atoms with Crippen LogP contribution in [0.1, 0.15) is 22.8 Å². The molecule has 0 radical (unpaired) electrons. The normalized spacial score (nSPS) is 13.0. The molecule has 0 aliphatic heterocycles. The van der Waals surface area contributed by atoms with E-state index in [0.29, 0.717) is 31.2 Å². The summed E-state index contributed by atoms with van der Waals surface area (Å²) in [6.45, 7) is 2.33. The molecule has 1 aromatic heterocycles. The molecule has 182 valence electrons. The van der Waals surface area contributed by atoms with Crippen molar-refractivity contribution in [2.24, 2.45) is 0 Å². The fraction of sp³-hybridized carbons (Fsp3) is 0.321. The highest BCUT2D eigenvalue weighted by atomic mass is 16.5. The fourth-order valence-electron chi connectivity index (χ4n) is 4.21. The minimum Gasteiger partial charge on any atom is -0.369 e. The van der Waals surface area contributed by atoms with Gasteiger partial charge in [0.15, 0.2) is 5.82 Å². The van der Waals surface area contributed by atoms with E-state index < -0.39 is 0 Å². The number of rotatable bonds is 11. The number of nitrogens with zero attached hydrogens (tertiary/aromatic N) is 3. The lowest BCUT2D eigenvalue weighted by molar-refractivity contribution is -0.135. The molecule has 1 heterocycles. The largest absolute Gasteiger partial charge is 0.369 e. The first-order valence-corrected chi connectivity index (χ1v) is 11.9. The van der Waals surface area contributed by atoms with Gasteiger partial charge in [0.2, 0.25) is 5.91 Å². The molecular formula is C28H32N4O3. The van der Waals surface area contributed by atoms with Crippen LogP contribution in [0.15, 0.2) is 77.3 Å². The van der Waals surface area contributed by atoms with Crippen molar-refractivity contribution in [3.63, 3.8) is 0 Å². The summed E-state index contributed by atoms with van der Waals surface area (Å²) in [5.74, 6) is 1.03. The van der Waals surface area contributed by atoms with Crippen LogP contribution in [0.25, 0.3) is 10.8 Å². The minimum atomic E-state index is -0.349. The summed E-state index contributed by atoms with van der Waals surface area (Å²) in [5.41, 5.74) is 2.26. The van der Waals surface area contributed by atoms with Crippen LogP contribution in [0.4, 0.5) is 0 Å². The van der Waals surface area contributed by atoms with Gasteiger partial charge in [0, 0.05) is 7.05 Å². The highest BCUT2D eigenvalue weighted by molar-refractivity contribution is 5.84. The molecule has 0 aliphatic carbocycles. The lowest BCUT2D eigenvalue weighted by atomic mass is 10.00. The van der Waals surface area contributed by atoms with Gasteiger partial charge < -0.3 is 19.5 Å². The monoisotopic (exact) mass is 472 g/mol. The van der Waals surface area contributed by atoms with Gasteiger partial charge >= 0.3 is 0 Å². The van der Waals surface area contributed by atoms with Crippen molar-refractivity contribution < 1.29 is 14.1 Å². The first kappa shape index (κ1) is 24.6. The molecule has 1 amide bonds. The van der Waals surface area contributed by atoms with Crippen molar-refractivity contribution in [2.75, 3.05) is 20.7 Å². The predicted octanol–water partition coefficient (Wildman–Crippen LogP) is 3.95. The number of carbonyl (C=O) groups is 1. The van der Waals surface area contributed by atoms with Crippen LogP contribution in [-0.2, 0) is 29.0 Å². The van der Waals surface area contributed by atoms with Gasteiger partial charge in [-0.25, -0.2) is 0 Å². The SMILES string of the molecule is CN[C@H](Cc1ccc2ccccc2c1)C(=O)N(C)[C@@H](COCc1nc(C)no1)Cc1ccccc1. The number of aryl methyl sites for hydroxylation is 1. The Kier molecular flexibility index (Phi) is 8.23. The van der Waals surface area contributed by atoms with E-state index in [-0.39, 0.29) is 24.6 Å². The third kappa shape index (κ3) is 6.53. The van der Waals surface area contributed by atoms with Crippen molar-refractivity contribution in [1.29, 1.82) is 0 Å². The molecule has 0 saturated carbocycles. The number of carbonyl (C=O) groups excluding carboxylic acids is 1.